The summed E-state index contributed by atoms with van der Waals surface area (Å²) >= 11 is 0. The van der Waals surface area contributed by atoms with Crippen molar-refractivity contribution in [1.82, 2.24) is 0 Å². The van der Waals surface area contributed by atoms with Crippen molar-refractivity contribution in [2.24, 2.45) is 0 Å². The van der Waals surface area contributed by atoms with E-state index in [2.05, 4.69) is 0 Å². The Morgan fingerprint density at radius 1 is 0.400 bits per heavy atom. The Hall–Kier alpha value is 2.34. The third-order valence-corrected chi connectivity index (χ3v) is 0. The van der Waals surface area contributed by atoms with E-state index in [1.807, 2.05) is 0 Å². The van der Waals surface area contributed by atoms with E-state index in [-0.39, 0.29) is 59.1 Å². The van der Waals surface area contributed by atoms with E-state index in [1.54, 1.807) is 0 Å². The van der Waals surface area contributed by atoms with Crippen LogP contribution in [0.3, 0.4) is 0 Å². The van der Waals surface area contributed by atoms with Crippen LogP contribution in [0.1, 0.15) is 0 Å². The first-order valence-electron chi connectivity index (χ1n) is 0. The van der Waals surface area contributed by atoms with Crippen LogP contribution in [0.25, 0.3) is 0 Å². The fourth-order valence-electron chi connectivity index (χ4n) is 0. The molecule has 0 heterocycles. The van der Waals surface area contributed by atoms with Crippen molar-refractivity contribution in [3.8, 4) is 0 Å². The van der Waals surface area contributed by atoms with Crippen LogP contribution in [0.4, 0.5) is 0 Å². The first-order chi connectivity index (χ1) is 0. The molecule has 1 radical (unpaired) electrons. The Morgan fingerprint density at radius 3 is 0.400 bits per heavy atom. The topological polar surface area (TPSA) is 0 Å². The molecule has 0 aliphatic heterocycles. The zero-order chi connectivity index (χ0) is 0. The third kappa shape index (κ3) is 21.8. The van der Waals surface area contributed by atoms with Crippen molar-refractivity contribution in [1.29, 1.82) is 0 Å². The van der Waals surface area contributed by atoms with Crippen molar-refractivity contribution in [2.75, 3.05) is 0 Å². The average molecular weight is 239 g/mol. The third-order valence-electron chi connectivity index (χ3n) is 0. The van der Waals surface area contributed by atoms with Crippen molar-refractivity contribution >= 4 is 39.6 Å². The number of rotatable bonds is 0. The maximum absolute atomic E-state index is 0. The number of hydrogen-bond donors (Lipinski definition) is 0. The maximum atomic E-state index is 0. The van der Waals surface area contributed by atoms with Gasteiger partial charge in [-0.1, -0.05) is 0 Å². The van der Waals surface area contributed by atoms with Gasteiger partial charge in [-0.15, -0.1) is 0 Å². The molecule has 5 heteroatoms. The normalized spacial score (nSPS) is 0. The van der Waals surface area contributed by atoms with Gasteiger partial charge < -0.3 is 0 Å². The monoisotopic (exact) mass is 239 g/mol. The molecule has 0 bridgehead atoms. The van der Waals surface area contributed by atoms with Gasteiger partial charge in [0.05, 0.1) is 0 Å². The fourth-order valence-corrected chi connectivity index (χ4v) is 0. The summed E-state index contributed by atoms with van der Waals surface area (Å²) in [5, 5.41) is 0. The van der Waals surface area contributed by atoms with Gasteiger partial charge in [-0.3, -0.25) is 0 Å². The smallest absolute Gasteiger partial charge is 0 e. The molecule has 4 unspecified atom stereocenters. The molecule has 0 aromatic heterocycles. The molecule has 0 rings (SSSR count). The van der Waals surface area contributed by atoms with Gasteiger partial charge in [0.25, 0.3) is 0 Å². The standard InChI is InChI=1S/4H3P.Rh/h4*1H3;. The van der Waals surface area contributed by atoms with E-state index in [1.165, 1.54) is 0 Å². The van der Waals surface area contributed by atoms with E-state index in [9.17, 15) is 0 Å². The van der Waals surface area contributed by atoms with Gasteiger partial charge in [-0.05, 0) is 0 Å². The second-order valence-electron chi connectivity index (χ2n) is 0. The Labute approximate surface area is 59.3 Å². The first-order valence-corrected chi connectivity index (χ1v) is 0. The fraction of sp³-hybridized carbons (Fsp3) is 0. The molecule has 41 valence electrons. The molecule has 5 heavy (non-hydrogen) atoms. The van der Waals surface area contributed by atoms with E-state index < -0.39 is 0 Å². The van der Waals surface area contributed by atoms with Crippen molar-refractivity contribution < 1.29 is 19.5 Å². The molecule has 0 aliphatic rings. The van der Waals surface area contributed by atoms with E-state index >= 15 is 0 Å². The molecule has 0 saturated heterocycles. The second kappa shape index (κ2) is 33.0. The summed E-state index contributed by atoms with van der Waals surface area (Å²) in [6, 6.07) is 0. The molecular formula is H12P4Rh. The van der Waals surface area contributed by atoms with Crippen LogP contribution >= 0.6 is 39.6 Å². The predicted molar refractivity (Wildman–Crippen MR) is 44.4 cm³/mol. The minimum atomic E-state index is 0. The Kier molecular flexibility index (Phi) is 355. The average Bonchev–Trinajstić information content (AvgIpc) is 0. The Morgan fingerprint density at radius 2 is 0.400 bits per heavy atom. The van der Waals surface area contributed by atoms with E-state index in [0.29, 0.717) is 0 Å². The number of hydrogen-bond acceptors (Lipinski definition) is 0. The summed E-state index contributed by atoms with van der Waals surface area (Å²) in [6.07, 6.45) is 0. The molecule has 0 fully saturated rings. The van der Waals surface area contributed by atoms with Crippen LogP contribution in [0, 0.1) is 0 Å². The second-order valence-corrected chi connectivity index (χ2v) is 0. The quantitative estimate of drug-likeness (QED) is 0.419. The summed E-state index contributed by atoms with van der Waals surface area (Å²) in [6.45, 7) is 0. The molecule has 0 saturated carbocycles. The summed E-state index contributed by atoms with van der Waals surface area (Å²) < 4.78 is 0. The van der Waals surface area contributed by atoms with E-state index in [4.69, 9.17) is 0 Å². The molecule has 4 atom stereocenters. The zero-order valence-corrected chi connectivity index (χ0v) is 10.5. The van der Waals surface area contributed by atoms with Gasteiger partial charge in [0.15, 0.2) is 0 Å². The van der Waals surface area contributed by atoms with Crippen LogP contribution in [-0.2, 0) is 19.5 Å². The van der Waals surface area contributed by atoms with Crippen LogP contribution in [-0.4, -0.2) is 0 Å². The molecule has 0 amide bonds. The molecule has 0 N–H and O–H groups in total. The van der Waals surface area contributed by atoms with Crippen LogP contribution in [0.15, 0.2) is 0 Å². The largest absolute Gasteiger partial charge is 0.153 e. The van der Waals surface area contributed by atoms with Gasteiger partial charge in [-0.25, -0.2) is 0 Å². The first kappa shape index (κ1) is 53.8. The summed E-state index contributed by atoms with van der Waals surface area (Å²) in [5.41, 5.74) is 0. The minimum Gasteiger partial charge on any atom is -0.153 e. The summed E-state index contributed by atoms with van der Waals surface area (Å²) in [5.74, 6) is 0. The van der Waals surface area contributed by atoms with Crippen LogP contribution in [0.2, 0.25) is 0 Å². The van der Waals surface area contributed by atoms with E-state index in [0.717, 1.165) is 0 Å². The molecule has 0 aromatic rings. The van der Waals surface area contributed by atoms with Gasteiger partial charge in [0.2, 0.25) is 0 Å². The van der Waals surface area contributed by atoms with Crippen molar-refractivity contribution in [3.05, 3.63) is 0 Å². The van der Waals surface area contributed by atoms with Crippen LogP contribution in [0.5, 0.6) is 0 Å². The molecule has 0 spiro atoms. The maximum Gasteiger partial charge on any atom is 0 e. The zero-order valence-electron chi connectivity index (χ0n) is 3.16. The summed E-state index contributed by atoms with van der Waals surface area (Å²) in [7, 11) is 0. The van der Waals surface area contributed by atoms with Gasteiger partial charge in [0, 0.05) is 19.5 Å². The molecular weight excluding hydrogens is 227 g/mol. The summed E-state index contributed by atoms with van der Waals surface area (Å²) in [4.78, 5) is 0. The van der Waals surface area contributed by atoms with Crippen LogP contribution < -0.4 is 0 Å². The Bertz CT molecular complexity index is 3.61. The molecule has 0 nitrogen and oxygen atoms in total. The SMILES string of the molecule is P.P.P.P.[Rh]. The molecule has 0 aromatic carbocycles. The van der Waals surface area contributed by atoms with Gasteiger partial charge in [0.1, 0.15) is 0 Å². The van der Waals surface area contributed by atoms with Crippen molar-refractivity contribution in [3.63, 3.8) is 0 Å². The molecule has 0 aliphatic carbocycles. The van der Waals surface area contributed by atoms with Crippen molar-refractivity contribution in [2.45, 2.75) is 0 Å². The predicted octanol–water partition coefficient (Wildman–Crippen LogP) is 0.230. The van der Waals surface area contributed by atoms with Gasteiger partial charge >= 0.3 is 0 Å². The Balaban J connectivity index is 0. The minimum absolute atomic E-state index is 0. The van der Waals surface area contributed by atoms with Gasteiger partial charge in [-0.2, -0.15) is 39.6 Å².